The lowest BCUT2D eigenvalue weighted by atomic mass is 9.95. The van der Waals surface area contributed by atoms with Crippen molar-refractivity contribution in [1.82, 2.24) is 24.8 Å². The lowest BCUT2D eigenvalue weighted by Crippen LogP contribution is -2.39. The van der Waals surface area contributed by atoms with Crippen molar-refractivity contribution in [2.45, 2.75) is 26.8 Å². The number of carbonyl (C=O) groups excluding carboxylic acids is 2. The average Bonchev–Trinajstić information content (AvgIpc) is 3.15. The predicted octanol–water partition coefficient (Wildman–Crippen LogP) is 2.94. The Bertz CT molecular complexity index is 1130. The molecule has 0 aliphatic carbocycles. The van der Waals surface area contributed by atoms with Crippen LogP contribution >= 0.6 is 0 Å². The van der Waals surface area contributed by atoms with Crippen LogP contribution in [-0.4, -0.2) is 62.8 Å². The van der Waals surface area contributed by atoms with Crippen molar-refractivity contribution in [3.63, 3.8) is 0 Å². The summed E-state index contributed by atoms with van der Waals surface area (Å²) >= 11 is 0. The SMILES string of the molecule is CCN1CCN(C(=O)Cn2cc(C)nn2)CC(Cc2ccc(-c3ccccc3F)cc2)C1=O. The van der Waals surface area contributed by atoms with Gasteiger partial charge in [-0.2, -0.15) is 0 Å². The van der Waals surface area contributed by atoms with Gasteiger partial charge >= 0.3 is 0 Å². The number of benzene rings is 2. The van der Waals surface area contributed by atoms with Crippen LogP contribution in [0.25, 0.3) is 11.1 Å². The third-order valence-corrected chi connectivity index (χ3v) is 6.05. The average molecular weight is 450 g/mol. The maximum absolute atomic E-state index is 14.1. The standard InChI is InChI=1S/C25H28FN5O2/c1-3-29-12-13-30(24(32)17-31-15-18(2)27-28-31)16-21(25(29)33)14-19-8-10-20(11-9-19)22-6-4-5-7-23(22)26/h4-11,15,21H,3,12-14,16-17H2,1-2H3. The van der Waals surface area contributed by atoms with Crippen LogP contribution < -0.4 is 0 Å². The number of aryl methyl sites for hydroxylation is 1. The largest absolute Gasteiger partial charge is 0.341 e. The summed E-state index contributed by atoms with van der Waals surface area (Å²) in [7, 11) is 0. The van der Waals surface area contributed by atoms with Crippen molar-refractivity contribution in [1.29, 1.82) is 0 Å². The minimum atomic E-state index is -0.340. The van der Waals surface area contributed by atoms with Crippen LogP contribution in [0.2, 0.25) is 0 Å². The minimum absolute atomic E-state index is 0.0579. The Morgan fingerprint density at radius 1 is 1.12 bits per heavy atom. The van der Waals surface area contributed by atoms with Gasteiger partial charge in [0.25, 0.3) is 0 Å². The van der Waals surface area contributed by atoms with Crippen molar-refractivity contribution in [2.24, 2.45) is 5.92 Å². The summed E-state index contributed by atoms with van der Waals surface area (Å²) in [6.45, 7) is 5.85. The molecule has 0 N–H and O–H groups in total. The molecule has 1 saturated heterocycles. The number of rotatable bonds is 6. The number of hydrogen-bond acceptors (Lipinski definition) is 4. The molecular weight excluding hydrogens is 421 g/mol. The lowest BCUT2D eigenvalue weighted by molar-refractivity contribution is -0.135. The molecule has 7 nitrogen and oxygen atoms in total. The molecule has 1 unspecified atom stereocenters. The highest BCUT2D eigenvalue weighted by Gasteiger charge is 2.31. The van der Waals surface area contributed by atoms with E-state index in [-0.39, 0.29) is 30.1 Å². The van der Waals surface area contributed by atoms with E-state index in [0.717, 1.165) is 16.8 Å². The Kier molecular flexibility index (Phi) is 6.82. The van der Waals surface area contributed by atoms with E-state index < -0.39 is 0 Å². The molecule has 1 fully saturated rings. The van der Waals surface area contributed by atoms with Crippen LogP contribution in [-0.2, 0) is 22.6 Å². The molecule has 8 heteroatoms. The molecule has 1 aromatic heterocycles. The zero-order chi connectivity index (χ0) is 23.4. The Labute approximate surface area is 192 Å². The van der Waals surface area contributed by atoms with Gasteiger partial charge in [0.05, 0.1) is 11.6 Å². The van der Waals surface area contributed by atoms with Gasteiger partial charge in [-0.1, -0.05) is 47.7 Å². The van der Waals surface area contributed by atoms with E-state index in [9.17, 15) is 14.0 Å². The Morgan fingerprint density at radius 2 is 1.88 bits per heavy atom. The fourth-order valence-corrected chi connectivity index (χ4v) is 4.25. The summed E-state index contributed by atoms with van der Waals surface area (Å²) in [5, 5.41) is 7.89. The van der Waals surface area contributed by atoms with Crippen molar-refractivity contribution >= 4 is 11.8 Å². The summed E-state index contributed by atoms with van der Waals surface area (Å²) in [6.07, 6.45) is 2.24. The Morgan fingerprint density at radius 3 is 2.55 bits per heavy atom. The van der Waals surface area contributed by atoms with Gasteiger partial charge in [-0.3, -0.25) is 9.59 Å². The highest BCUT2D eigenvalue weighted by molar-refractivity contribution is 5.82. The van der Waals surface area contributed by atoms with Crippen LogP contribution in [0.3, 0.4) is 0 Å². The fraction of sp³-hybridized carbons (Fsp3) is 0.360. The highest BCUT2D eigenvalue weighted by atomic mass is 19.1. The third-order valence-electron chi connectivity index (χ3n) is 6.05. The van der Waals surface area contributed by atoms with E-state index in [1.54, 1.807) is 23.2 Å². The Hall–Kier alpha value is -3.55. The van der Waals surface area contributed by atoms with Gasteiger partial charge in [0.1, 0.15) is 12.4 Å². The second-order valence-electron chi connectivity index (χ2n) is 8.39. The molecule has 0 saturated carbocycles. The summed E-state index contributed by atoms with van der Waals surface area (Å²) in [4.78, 5) is 29.7. The van der Waals surface area contributed by atoms with Gasteiger partial charge < -0.3 is 9.80 Å². The van der Waals surface area contributed by atoms with E-state index in [0.29, 0.717) is 38.2 Å². The number of likely N-dealkylation sites (N-methyl/N-ethyl adjacent to an activating group) is 1. The minimum Gasteiger partial charge on any atom is -0.341 e. The molecule has 1 atom stereocenters. The molecular formula is C25H28FN5O2. The van der Waals surface area contributed by atoms with Crippen molar-refractivity contribution in [3.8, 4) is 11.1 Å². The molecule has 4 rings (SSSR count). The first-order chi connectivity index (χ1) is 15.9. The van der Waals surface area contributed by atoms with Gasteiger partial charge in [-0.15, -0.1) is 5.10 Å². The summed E-state index contributed by atoms with van der Waals surface area (Å²) < 4.78 is 15.6. The third kappa shape index (κ3) is 5.27. The van der Waals surface area contributed by atoms with Gasteiger partial charge in [0.2, 0.25) is 11.8 Å². The summed E-state index contributed by atoms with van der Waals surface area (Å²) in [5.41, 5.74) is 3.07. The van der Waals surface area contributed by atoms with Crippen LogP contribution in [0.1, 0.15) is 18.2 Å². The highest BCUT2D eigenvalue weighted by Crippen LogP contribution is 2.24. The number of nitrogens with zero attached hydrogens (tertiary/aromatic N) is 5. The number of amides is 2. The smallest absolute Gasteiger partial charge is 0.244 e. The first-order valence-electron chi connectivity index (χ1n) is 11.2. The topological polar surface area (TPSA) is 71.3 Å². The first kappa shape index (κ1) is 22.6. The van der Waals surface area contributed by atoms with Gasteiger partial charge in [0, 0.05) is 37.9 Å². The Balaban J connectivity index is 1.49. The maximum Gasteiger partial charge on any atom is 0.244 e. The molecule has 0 spiro atoms. The second kappa shape index (κ2) is 9.94. The maximum atomic E-state index is 14.1. The van der Waals surface area contributed by atoms with Gasteiger partial charge in [0.15, 0.2) is 0 Å². The molecule has 0 radical (unpaired) electrons. The monoisotopic (exact) mass is 449 g/mol. The lowest BCUT2D eigenvalue weighted by Gasteiger charge is -2.23. The van der Waals surface area contributed by atoms with Crippen LogP contribution in [0.5, 0.6) is 0 Å². The molecule has 1 aliphatic heterocycles. The van der Waals surface area contributed by atoms with E-state index in [1.807, 2.05) is 49.1 Å². The van der Waals surface area contributed by atoms with E-state index >= 15 is 0 Å². The molecule has 2 amide bonds. The first-order valence-corrected chi connectivity index (χ1v) is 11.2. The second-order valence-corrected chi connectivity index (χ2v) is 8.39. The molecule has 1 aliphatic rings. The number of aromatic nitrogens is 3. The van der Waals surface area contributed by atoms with Crippen LogP contribution in [0.4, 0.5) is 4.39 Å². The molecule has 0 bridgehead atoms. The van der Waals surface area contributed by atoms with E-state index in [1.165, 1.54) is 10.7 Å². The zero-order valence-corrected chi connectivity index (χ0v) is 18.9. The quantitative estimate of drug-likeness (QED) is 0.580. The number of halogens is 1. The molecule has 2 heterocycles. The molecule has 3 aromatic rings. The summed E-state index contributed by atoms with van der Waals surface area (Å²) in [5.74, 6) is -0.624. The van der Waals surface area contributed by atoms with Crippen molar-refractivity contribution in [3.05, 3.63) is 71.8 Å². The number of carbonyl (C=O) groups is 2. The predicted molar refractivity (Wildman–Crippen MR) is 123 cm³/mol. The zero-order valence-electron chi connectivity index (χ0n) is 18.9. The van der Waals surface area contributed by atoms with Crippen LogP contribution in [0, 0.1) is 18.7 Å². The summed E-state index contributed by atoms with van der Waals surface area (Å²) in [6, 6.07) is 14.3. The van der Waals surface area contributed by atoms with Gasteiger partial charge in [-0.25, -0.2) is 9.07 Å². The van der Waals surface area contributed by atoms with Crippen LogP contribution in [0.15, 0.2) is 54.7 Å². The van der Waals surface area contributed by atoms with Crippen molar-refractivity contribution in [2.75, 3.05) is 26.2 Å². The van der Waals surface area contributed by atoms with Gasteiger partial charge in [-0.05, 0) is 37.5 Å². The fourth-order valence-electron chi connectivity index (χ4n) is 4.25. The van der Waals surface area contributed by atoms with E-state index in [2.05, 4.69) is 10.3 Å². The molecule has 33 heavy (non-hydrogen) atoms. The van der Waals surface area contributed by atoms with Crippen molar-refractivity contribution < 1.29 is 14.0 Å². The molecule has 2 aromatic carbocycles. The number of hydrogen-bond donors (Lipinski definition) is 0. The normalized spacial score (nSPS) is 16.7. The van der Waals surface area contributed by atoms with E-state index in [4.69, 9.17) is 0 Å². The molecule has 172 valence electrons.